The number of ether oxygens (including phenoxy) is 1. The molecule has 4 N–H and O–H groups in total. The summed E-state index contributed by atoms with van der Waals surface area (Å²) in [5.41, 5.74) is 7.42. The van der Waals surface area contributed by atoms with E-state index in [1.54, 1.807) is 61.5 Å². The topological polar surface area (TPSA) is 128 Å². The number of carbonyl (C=O) groups is 2. The lowest BCUT2D eigenvalue weighted by atomic mass is 10.1. The van der Waals surface area contributed by atoms with Crippen molar-refractivity contribution in [2.75, 3.05) is 17.1 Å². The highest BCUT2D eigenvalue weighted by Gasteiger charge is 2.19. The average molecular weight is 454 g/mol. The highest BCUT2D eigenvalue weighted by molar-refractivity contribution is 7.92. The van der Waals surface area contributed by atoms with Crippen LogP contribution in [0.3, 0.4) is 0 Å². The quantitative estimate of drug-likeness (QED) is 0.483. The van der Waals surface area contributed by atoms with Crippen molar-refractivity contribution in [1.82, 2.24) is 0 Å². The van der Waals surface area contributed by atoms with Gasteiger partial charge in [0.2, 0.25) is 5.91 Å². The number of primary amides is 1. The Morgan fingerprint density at radius 2 is 1.69 bits per heavy atom. The van der Waals surface area contributed by atoms with Crippen LogP contribution in [0, 0.1) is 6.92 Å². The van der Waals surface area contributed by atoms with Gasteiger partial charge in [0.05, 0.1) is 18.4 Å². The Morgan fingerprint density at radius 3 is 2.34 bits per heavy atom. The monoisotopic (exact) mass is 453 g/mol. The number of benzene rings is 3. The second kappa shape index (κ2) is 9.52. The molecular weight excluding hydrogens is 430 g/mol. The van der Waals surface area contributed by atoms with E-state index in [0.29, 0.717) is 28.3 Å². The van der Waals surface area contributed by atoms with E-state index in [4.69, 9.17) is 10.5 Å². The molecule has 8 nitrogen and oxygen atoms in total. The van der Waals surface area contributed by atoms with E-state index in [0.717, 1.165) is 0 Å². The molecule has 0 aliphatic carbocycles. The zero-order chi connectivity index (χ0) is 23.3. The number of rotatable bonds is 8. The first-order valence-corrected chi connectivity index (χ1v) is 11.1. The molecule has 3 rings (SSSR count). The summed E-state index contributed by atoms with van der Waals surface area (Å²) in [6.45, 7) is 1.71. The second-order valence-electron chi connectivity index (χ2n) is 7.07. The van der Waals surface area contributed by atoms with E-state index in [2.05, 4.69) is 10.0 Å². The zero-order valence-corrected chi connectivity index (χ0v) is 18.4. The lowest BCUT2D eigenvalue weighted by Gasteiger charge is -2.13. The molecular formula is C23H23N3O5S. The van der Waals surface area contributed by atoms with Crippen molar-refractivity contribution >= 4 is 33.2 Å². The number of hydrogen-bond donors (Lipinski definition) is 3. The van der Waals surface area contributed by atoms with Crippen LogP contribution in [0.1, 0.15) is 21.5 Å². The van der Waals surface area contributed by atoms with E-state index >= 15 is 0 Å². The van der Waals surface area contributed by atoms with Crippen LogP contribution in [0.5, 0.6) is 5.75 Å². The minimum atomic E-state index is -3.93. The Kier molecular flexibility index (Phi) is 6.79. The van der Waals surface area contributed by atoms with Crippen molar-refractivity contribution in [3.63, 3.8) is 0 Å². The molecule has 0 saturated heterocycles. The molecule has 0 heterocycles. The van der Waals surface area contributed by atoms with Crippen LogP contribution < -0.4 is 20.5 Å². The van der Waals surface area contributed by atoms with Gasteiger partial charge in [0.15, 0.2) is 0 Å². The summed E-state index contributed by atoms with van der Waals surface area (Å²) in [6, 6.07) is 17.5. The van der Waals surface area contributed by atoms with E-state index in [1.165, 1.54) is 19.2 Å². The zero-order valence-electron chi connectivity index (χ0n) is 17.6. The predicted octanol–water partition coefficient (Wildman–Crippen LogP) is 3.08. The highest BCUT2D eigenvalue weighted by atomic mass is 32.2. The molecule has 0 aliphatic rings. The molecule has 32 heavy (non-hydrogen) atoms. The van der Waals surface area contributed by atoms with Crippen molar-refractivity contribution in [3.8, 4) is 5.75 Å². The van der Waals surface area contributed by atoms with Gasteiger partial charge in [-0.15, -0.1) is 0 Å². The van der Waals surface area contributed by atoms with Crippen LogP contribution in [0.2, 0.25) is 0 Å². The molecule has 0 bridgehead atoms. The number of para-hydroxylation sites is 1. The summed E-state index contributed by atoms with van der Waals surface area (Å²) in [5, 5.41) is 2.74. The Labute approximate surface area is 186 Å². The first-order valence-electron chi connectivity index (χ1n) is 9.64. The molecule has 166 valence electrons. The molecule has 0 spiro atoms. The van der Waals surface area contributed by atoms with Gasteiger partial charge >= 0.3 is 0 Å². The van der Waals surface area contributed by atoms with Crippen LogP contribution in [0.25, 0.3) is 0 Å². The van der Waals surface area contributed by atoms with Gasteiger partial charge in [0.1, 0.15) is 5.75 Å². The fourth-order valence-corrected chi connectivity index (χ4v) is 4.14. The Balaban J connectivity index is 1.86. The van der Waals surface area contributed by atoms with Gasteiger partial charge in [-0.2, -0.15) is 0 Å². The third kappa shape index (κ3) is 5.44. The fraction of sp³-hybridized carbons (Fsp3) is 0.130. The smallest absolute Gasteiger partial charge is 0.261 e. The lowest BCUT2D eigenvalue weighted by molar-refractivity contribution is -0.117. The number of methoxy groups -OCH3 is 1. The first kappa shape index (κ1) is 22.8. The number of sulfonamides is 1. The van der Waals surface area contributed by atoms with E-state index in [1.807, 2.05) is 0 Å². The van der Waals surface area contributed by atoms with E-state index in [9.17, 15) is 18.0 Å². The summed E-state index contributed by atoms with van der Waals surface area (Å²) in [6.07, 6.45) is -0.0321. The molecule has 0 unspecified atom stereocenters. The summed E-state index contributed by atoms with van der Waals surface area (Å²) >= 11 is 0. The van der Waals surface area contributed by atoms with Crippen molar-refractivity contribution in [3.05, 3.63) is 83.4 Å². The minimum Gasteiger partial charge on any atom is -0.497 e. The molecule has 9 heteroatoms. The van der Waals surface area contributed by atoms with Crippen LogP contribution in [-0.4, -0.2) is 27.3 Å². The van der Waals surface area contributed by atoms with Crippen LogP contribution in [0.4, 0.5) is 11.4 Å². The Hall–Kier alpha value is -3.85. The molecule has 3 aromatic rings. The maximum absolute atomic E-state index is 12.9. The molecule has 0 fully saturated rings. The largest absolute Gasteiger partial charge is 0.497 e. The van der Waals surface area contributed by atoms with Crippen LogP contribution in [-0.2, 0) is 21.2 Å². The number of carbonyl (C=O) groups excluding carboxylic acids is 2. The molecule has 0 saturated carbocycles. The van der Waals surface area contributed by atoms with Gasteiger partial charge in [0.25, 0.3) is 15.9 Å². The summed E-state index contributed by atoms with van der Waals surface area (Å²) in [7, 11) is -2.42. The van der Waals surface area contributed by atoms with Gasteiger partial charge in [0, 0.05) is 16.9 Å². The van der Waals surface area contributed by atoms with Gasteiger partial charge < -0.3 is 15.8 Å². The normalized spacial score (nSPS) is 10.9. The Morgan fingerprint density at radius 1 is 1.00 bits per heavy atom. The van der Waals surface area contributed by atoms with E-state index in [-0.39, 0.29) is 16.9 Å². The van der Waals surface area contributed by atoms with Crippen molar-refractivity contribution in [2.24, 2.45) is 5.73 Å². The standard InChI is InChI=1S/C23H23N3O5S/c1-15-7-12-19(32(29,30)26-17-8-10-18(31-2)11-9-17)14-20(15)23(28)25-21-6-4-3-5-16(21)13-22(24)27/h3-12,14,26H,13H2,1-2H3,(H2,24,27)(H,25,28). The molecule has 0 radical (unpaired) electrons. The molecule has 2 amide bonds. The number of aryl methyl sites for hydroxylation is 1. The van der Waals surface area contributed by atoms with Gasteiger partial charge in [-0.25, -0.2) is 8.42 Å². The highest BCUT2D eigenvalue weighted by Crippen LogP contribution is 2.23. The molecule has 0 aromatic heterocycles. The minimum absolute atomic E-state index is 0.0321. The number of nitrogens with one attached hydrogen (secondary N) is 2. The van der Waals surface area contributed by atoms with Crippen LogP contribution >= 0.6 is 0 Å². The predicted molar refractivity (Wildman–Crippen MR) is 122 cm³/mol. The third-order valence-corrected chi connectivity index (χ3v) is 6.12. The van der Waals surface area contributed by atoms with Crippen molar-refractivity contribution in [2.45, 2.75) is 18.2 Å². The number of hydrogen-bond acceptors (Lipinski definition) is 5. The van der Waals surface area contributed by atoms with Crippen molar-refractivity contribution < 1.29 is 22.7 Å². The summed E-state index contributed by atoms with van der Waals surface area (Å²) in [5.74, 6) is -0.430. The lowest BCUT2D eigenvalue weighted by Crippen LogP contribution is -2.19. The summed E-state index contributed by atoms with van der Waals surface area (Å²) in [4.78, 5) is 24.2. The maximum atomic E-state index is 12.9. The van der Waals surface area contributed by atoms with Gasteiger partial charge in [-0.1, -0.05) is 24.3 Å². The fourth-order valence-electron chi connectivity index (χ4n) is 3.06. The van der Waals surface area contributed by atoms with Gasteiger partial charge in [-0.3, -0.25) is 14.3 Å². The number of anilines is 2. The third-order valence-electron chi connectivity index (χ3n) is 4.74. The molecule has 3 aromatic carbocycles. The van der Waals surface area contributed by atoms with Crippen LogP contribution in [0.15, 0.2) is 71.6 Å². The first-order chi connectivity index (χ1) is 15.2. The maximum Gasteiger partial charge on any atom is 0.261 e. The Bertz CT molecular complexity index is 1250. The summed E-state index contributed by atoms with van der Waals surface area (Å²) < 4.78 is 33.3. The van der Waals surface area contributed by atoms with Gasteiger partial charge in [-0.05, 0) is 60.5 Å². The van der Waals surface area contributed by atoms with Crippen molar-refractivity contribution in [1.29, 1.82) is 0 Å². The second-order valence-corrected chi connectivity index (χ2v) is 8.75. The molecule has 0 atom stereocenters. The molecule has 0 aliphatic heterocycles. The average Bonchev–Trinajstić information content (AvgIpc) is 2.75. The SMILES string of the molecule is COc1ccc(NS(=O)(=O)c2ccc(C)c(C(=O)Nc3ccccc3CC(N)=O)c2)cc1. The number of amides is 2. The number of nitrogens with two attached hydrogens (primary N) is 1. The van der Waals surface area contributed by atoms with E-state index < -0.39 is 21.8 Å².